The van der Waals surface area contributed by atoms with E-state index in [4.69, 9.17) is 16.3 Å². The smallest absolute Gasteiger partial charge is 0.435 e. The predicted molar refractivity (Wildman–Crippen MR) is 99.4 cm³/mol. The van der Waals surface area contributed by atoms with Crippen LogP contribution >= 0.6 is 11.6 Å². The first-order valence-corrected chi connectivity index (χ1v) is 8.94. The Labute approximate surface area is 156 Å². The average Bonchev–Trinajstić information content (AvgIpc) is 3.31. The normalized spacial score (nSPS) is 14.6. The van der Waals surface area contributed by atoms with E-state index in [9.17, 15) is 4.79 Å². The van der Waals surface area contributed by atoms with E-state index in [0.29, 0.717) is 27.7 Å². The minimum absolute atomic E-state index is 0.352. The molecule has 6 nitrogen and oxygen atoms in total. The Bertz CT molecular complexity index is 1000. The third-order valence-corrected chi connectivity index (χ3v) is 4.39. The van der Waals surface area contributed by atoms with Crippen LogP contribution in [0.5, 0.6) is 0 Å². The van der Waals surface area contributed by atoms with Gasteiger partial charge in [0, 0.05) is 17.7 Å². The molecule has 134 valence electrons. The maximum absolute atomic E-state index is 12.4. The summed E-state index contributed by atoms with van der Waals surface area (Å²) in [5.41, 5.74) is 3.14. The lowest BCUT2D eigenvalue weighted by molar-refractivity contribution is 0.0514. The van der Waals surface area contributed by atoms with E-state index in [-0.39, 0.29) is 0 Å². The zero-order valence-corrected chi connectivity index (χ0v) is 15.6. The van der Waals surface area contributed by atoms with E-state index in [1.807, 2.05) is 32.9 Å². The number of nitrogens with zero attached hydrogens (tertiary/aromatic N) is 4. The van der Waals surface area contributed by atoms with Gasteiger partial charge < -0.3 is 4.74 Å². The highest BCUT2D eigenvalue weighted by atomic mass is 35.5. The van der Waals surface area contributed by atoms with Crippen LogP contribution in [0.1, 0.15) is 45.2 Å². The third-order valence-electron chi connectivity index (χ3n) is 4.09. The molecule has 1 fully saturated rings. The summed E-state index contributed by atoms with van der Waals surface area (Å²) in [5, 5.41) is 5.04. The van der Waals surface area contributed by atoms with Gasteiger partial charge in [0.25, 0.3) is 0 Å². The molecule has 1 aliphatic carbocycles. The number of halogens is 1. The molecule has 0 unspecified atom stereocenters. The molecule has 1 aliphatic rings. The number of carbonyl (C=O) groups is 1. The van der Waals surface area contributed by atoms with Crippen molar-refractivity contribution in [2.24, 2.45) is 0 Å². The van der Waals surface area contributed by atoms with E-state index in [1.165, 1.54) is 4.68 Å². The van der Waals surface area contributed by atoms with Gasteiger partial charge in [0.1, 0.15) is 11.1 Å². The Hall–Kier alpha value is -2.47. The Kier molecular flexibility index (Phi) is 3.95. The minimum Gasteiger partial charge on any atom is -0.442 e. The largest absolute Gasteiger partial charge is 0.442 e. The lowest BCUT2D eigenvalue weighted by Gasteiger charge is -2.18. The van der Waals surface area contributed by atoms with E-state index >= 15 is 0 Å². The fourth-order valence-electron chi connectivity index (χ4n) is 2.78. The summed E-state index contributed by atoms with van der Waals surface area (Å²) in [6.07, 6.45) is 4.98. The number of hydrogen-bond acceptors (Lipinski definition) is 5. The van der Waals surface area contributed by atoms with Crippen LogP contribution < -0.4 is 0 Å². The Morgan fingerprint density at radius 2 is 2.08 bits per heavy atom. The second-order valence-electron chi connectivity index (χ2n) is 7.49. The van der Waals surface area contributed by atoms with Crippen LogP contribution in [0.4, 0.5) is 4.79 Å². The van der Waals surface area contributed by atoms with E-state index in [2.05, 4.69) is 15.1 Å². The molecule has 3 aromatic rings. The number of para-hydroxylation sites is 1. The highest BCUT2D eigenvalue weighted by Crippen LogP contribution is 2.43. The molecule has 1 saturated carbocycles. The van der Waals surface area contributed by atoms with Gasteiger partial charge >= 0.3 is 6.09 Å². The molecule has 7 heteroatoms. The van der Waals surface area contributed by atoms with Gasteiger partial charge in [0.2, 0.25) is 0 Å². The minimum atomic E-state index is -0.581. The van der Waals surface area contributed by atoms with Crippen molar-refractivity contribution in [1.82, 2.24) is 19.7 Å². The molecule has 0 spiro atoms. The molecule has 2 heterocycles. The number of rotatable bonds is 2. The van der Waals surface area contributed by atoms with Crippen LogP contribution in [0.25, 0.3) is 22.3 Å². The zero-order valence-electron chi connectivity index (χ0n) is 14.9. The summed E-state index contributed by atoms with van der Waals surface area (Å²) in [6.45, 7) is 5.49. The first-order chi connectivity index (χ1) is 12.3. The molecule has 0 saturated heterocycles. The lowest BCUT2D eigenvalue weighted by Crippen LogP contribution is -2.27. The molecule has 1 aromatic carbocycles. The monoisotopic (exact) mass is 370 g/mol. The second kappa shape index (κ2) is 6.06. The molecular weight excluding hydrogens is 352 g/mol. The van der Waals surface area contributed by atoms with E-state index < -0.39 is 11.7 Å². The third kappa shape index (κ3) is 3.29. The van der Waals surface area contributed by atoms with Crippen molar-refractivity contribution in [2.45, 2.75) is 45.1 Å². The molecule has 0 aliphatic heterocycles. The summed E-state index contributed by atoms with van der Waals surface area (Å²) in [6, 6.07) is 5.50. The highest BCUT2D eigenvalue weighted by Gasteiger charge is 2.32. The summed E-state index contributed by atoms with van der Waals surface area (Å²) >= 11 is 6.17. The van der Waals surface area contributed by atoms with Crippen molar-refractivity contribution < 1.29 is 9.53 Å². The first-order valence-electron chi connectivity index (χ1n) is 8.56. The summed E-state index contributed by atoms with van der Waals surface area (Å²) in [4.78, 5) is 21.5. The molecule has 0 N–H and O–H groups in total. The van der Waals surface area contributed by atoms with Crippen LogP contribution in [0.2, 0.25) is 5.02 Å². The number of benzene rings is 1. The van der Waals surface area contributed by atoms with Crippen LogP contribution in [-0.2, 0) is 4.74 Å². The van der Waals surface area contributed by atoms with Crippen LogP contribution in [0.3, 0.4) is 0 Å². The number of carbonyl (C=O) groups excluding carboxylic acids is 1. The number of fused-ring (bicyclic) bond motifs is 1. The van der Waals surface area contributed by atoms with E-state index in [0.717, 1.165) is 24.1 Å². The van der Waals surface area contributed by atoms with Crippen molar-refractivity contribution in [1.29, 1.82) is 0 Å². The predicted octanol–water partition coefficient (Wildman–Crippen LogP) is 4.81. The molecule has 0 radical (unpaired) electrons. The van der Waals surface area contributed by atoms with E-state index in [1.54, 1.807) is 18.5 Å². The molecular formula is C19H19ClN4O2. The molecule has 0 bridgehead atoms. The SMILES string of the molecule is CC(C)(C)OC(=O)n1cc(-c2cnc3c(Cl)cccc3n2)c(C2CC2)n1. The van der Waals surface area contributed by atoms with Gasteiger partial charge in [-0.3, -0.25) is 4.98 Å². The number of aromatic nitrogens is 4. The van der Waals surface area contributed by atoms with Gasteiger partial charge in [0.05, 0.1) is 28.1 Å². The van der Waals surface area contributed by atoms with Crippen molar-refractivity contribution in [2.75, 3.05) is 0 Å². The summed E-state index contributed by atoms with van der Waals surface area (Å²) in [5.74, 6) is 0.352. The highest BCUT2D eigenvalue weighted by molar-refractivity contribution is 6.34. The van der Waals surface area contributed by atoms with Crippen LogP contribution in [-0.4, -0.2) is 31.4 Å². The zero-order chi connectivity index (χ0) is 18.5. The maximum Gasteiger partial charge on any atom is 0.435 e. The number of ether oxygens (including phenoxy) is 1. The van der Waals surface area contributed by atoms with Gasteiger partial charge in [0.15, 0.2) is 0 Å². The lowest BCUT2D eigenvalue weighted by atomic mass is 10.1. The van der Waals surface area contributed by atoms with Gasteiger partial charge in [-0.15, -0.1) is 0 Å². The maximum atomic E-state index is 12.4. The van der Waals surface area contributed by atoms with Gasteiger partial charge in [-0.1, -0.05) is 17.7 Å². The average molecular weight is 371 g/mol. The van der Waals surface area contributed by atoms with Crippen molar-refractivity contribution in [3.8, 4) is 11.3 Å². The Balaban J connectivity index is 1.77. The van der Waals surface area contributed by atoms with Gasteiger partial charge in [-0.25, -0.2) is 9.78 Å². The Morgan fingerprint density at radius 3 is 2.77 bits per heavy atom. The quantitative estimate of drug-likeness (QED) is 0.647. The molecule has 0 atom stereocenters. The van der Waals surface area contributed by atoms with Gasteiger partial charge in [-0.2, -0.15) is 9.78 Å². The molecule has 0 amide bonds. The Morgan fingerprint density at radius 1 is 1.31 bits per heavy atom. The fourth-order valence-corrected chi connectivity index (χ4v) is 3.00. The standard InChI is InChI=1S/C19H19ClN4O2/c1-19(2,3)26-18(25)24-10-12(16(23-24)11-7-8-11)15-9-21-17-13(20)5-4-6-14(17)22-15/h4-6,9-11H,7-8H2,1-3H3. The van der Waals surface area contributed by atoms with Crippen molar-refractivity contribution in [3.05, 3.63) is 41.3 Å². The molecule has 4 rings (SSSR count). The fraction of sp³-hybridized carbons (Fsp3) is 0.368. The topological polar surface area (TPSA) is 69.9 Å². The summed E-state index contributed by atoms with van der Waals surface area (Å²) in [7, 11) is 0. The van der Waals surface area contributed by atoms with Gasteiger partial charge in [-0.05, 0) is 45.7 Å². The van der Waals surface area contributed by atoms with Crippen LogP contribution in [0.15, 0.2) is 30.6 Å². The molecule has 26 heavy (non-hydrogen) atoms. The van der Waals surface area contributed by atoms with Crippen molar-refractivity contribution >= 4 is 28.7 Å². The number of hydrogen-bond donors (Lipinski definition) is 0. The second-order valence-corrected chi connectivity index (χ2v) is 7.90. The van der Waals surface area contributed by atoms with Crippen molar-refractivity contribution in [3.63, 3.8) is 0 Å². The van der Waals surface area contributed by atoms with Crippen LogP contribution in [0, 0.1) is 0 Å². The summed E-state index contributed by atoms with van der Waals surface area (Å²) < 4.78 is 6.68. The first kappa shape index (κ1) is 17.0. The molecule has 2 aromatic heterocycles.